The molecule has 1 aromatic carbocycles. The molecule has 1 rings (SSSR count). The molecule has 0 radical (unpaired) electrons. The molecule has 0 fully saturated rings. The van der Waals surface area contributed by atoms with Gasteiger partial charge < -0.3 is 15.6 Å². The molecular formula is C14H23NO2. The SMILES string of the molecule is Cc1ccc(C(CN)OC(C)C(C)O)cc1C. The quantitative estimate of drug-likeness (QED) is 0.824. The number of hydrogen-bond donors (Lipinski definition) is 2. The third-order valence-electron chi connectivity index (χ3n) is 3.18. The fraction of sp³-hybridized carbons (Fsp3) is 0.571. The largest absolute Gasteiger partial charge is 0.391 e. The fourth-order valence-corrected chi connectivity index (χ4v) is 1.61. The van der Waals surface area contributed by atoms with Crippen LogP contribution in [-0.4, -0.2) is 23.9 Å². The summed E-state index contributed by atoms with van der Waals surface area (Å²) in [7, 11) is 0. The zero-order valence-corrected chi connectivity index (χ0v) is 11.1. The van der Waals surface area contributed by atoms with E-state index in [2.05, 4.69) is 26.0 Å². The van der Waals surface area contributed by atoms with Gasteiger partial charge in [-0.25, -0.2) is 0 Å². The van der Waals surface area contributed by atoms with E-state index in [0.29, 0.717) is 6.54 Å². The molecule has 0 aromatic heterocycles. The van der Waals surface area contributed by atoms with E-state index in [1.165, 1.54) is 11.1 Å². The van der Waals surface area contributed by atoms with Crippen LogP contribution in [0.1, 0.15) is 36.6 Å². The molecule has 0 saturated carbocycles. The molecule has 0 aliphatic heterocycles. The number of aryl methyl sites for hydroxylation is 2. The minimum atomic E-state index is -0.490. The molecule has 3 N–H and O–H groups in total. The Morgan fingerprint density at radius 3 is 2.35 bits per heavy atom. The van der Waals surface area contributed by atoms with Crippen LogP contribution in [0.25, 0.3) is 0 Å². The first kappa shape index (κ1) is 14.2. The van der Waals surface area contributed by atoms with Gasteiger partial charge in [0.2, 0.25) is 0 Å². The summed E-state index contributed by atoms with van der Waals surface area (Å²) in [5, 5.41) is 9.45. The van der Waals surface area contributed by atoms with Gasteiger partial charge in [0.15, 0.2) is 0 Å². The summed E-state index contributed by atoms with van der Waals surface area (Å²) < 4.78 is 5.77. The van der Waals surface area contributed by atoms with Crippen LogP contribution >= 0.6 is 0 Å². The van der Waals surface area contributed by atoms with Crippen molar-refractivity contribution in [2.75, 3.05) is 6.54 Å². The summed E-state index contributed by atoms with van der Waals surface area (Å²) in [6.07, 6.45) is -0.861. The van der Waals surface area contributed by atoms with Crippen LogP contribution in [0.3, 0.4) is 0 Å². The van der Waals surface area contributed by atoms with Gasteiger partial charge in [0.1, 0.15) is 0 Å². The molecule has 0 amide bonds. The van der Waals surface area contributed by atoms with Crippen LogP contribution < -0.4 is 5.73 Å². The number of aliphatic hydroxyl groups excluding tert-OH is 1. The topological polar surface area (TPSA) is 55.5 Å². The molecule has 3 heteroatoms. The van der Waals surface area contributed by atoms with Gasteiger partial charge in [0, 0.05) is 6.54 Å². The fourth-order valence-electron chi connectivity index (χ4n) is 1.61. The molecule has 0 heterocycles. The second kappa shape index (κ2) is 6.15. The van der Waals surface area contributed by atoms with Gasteiger partial charge in [-0.2, -0.15) is 0 Å². The average molecular weight is 237 g/mol. The third kappa shape index (κ3) is 3.80. The predicted molar refractivity (Wildman–Crippen MR) is 69.9 cm³/mol. The van der Waals surface area contributed by atoms with Crippen molar-refractivity contribution in [3.05, 3.63) is 34.9 Å². The van der Waals surface area contributed by atoms with E-state index in [-0.39, 0.29) is 12.2 Å². The molecule has 3 nitrogen and oxygen atoms in total. The number of nitrogens with two attached hydrogens (primary N) is 1. The van der Waals surface area contributed by atoms with E-state index >= 15 is 0 Å². The number of benzene rings is 1. The van der Waals surface area contributed by atoms with Crippen LogP contribution in [-0.2, 0) is 4.74 Å². The number of hydrogen-bond acceptors (Lipinski definition) is 3. The summed E-state index contributed by atoms with van der Waals surface area (Å²) in [5.41, 5.74) is 9.30. The number of ether oxygens (including phenoxy) is 1. The lowest BCUT2D eigenvalue weighted by atomic mass is 10.0. The maximum atomic E-state index is 9.45. The summed E-state index contributed by atoms with van der Waals surface area (Å²) in [6.45, 7) is 8.15. The van der Waals surface area contributed by atoms with Gasteiger partial charge >= 0.3 is 0 Å². The molecule has 3 unspecified atom stereocenters. The minimum Gasteiger partial charge on any atom is -0.391 e. The van der Waals surface area contributed by atoms with Gasteiger partial charge in [-0.3, -0.25) is 0 Å². The first-order valence-electron chi connectivity index (χ1n) is 6.06. The summed E-state index contributed by atoms with van der Waals surface area (Å²) >= 11 is 0. The summed E-state index contributed by atoms with van der Waals surface area (Å²) in [5.74, 6) is 0. The van der Waals surface area contributed by atoms with Crippen molar-refractivity contribution in [3.63, 3.8) is 0 Å². The Morgan fingerprint density at radius 1 is 1.24 bits per heavy atom. The van der Waals surface area contributed by atoms with Crippen molar-refractivity contribution < 1.29 is 9.84 Å². The number of aliphatic hydroxyl groups is 1. The van der Waals surface area contributed by atoms with Crippen LogP contribution in [0.15, 0.2) is 18.2 Å². The Hall–Kier alpha value is -0.900. The molecule has 0 aliphatic carbocycles. The second-order valence-corrected chi connectivity index (χ2v) is 4.65. The standard InChI is InChI=1S/C14H23NO2/c1-9-5-6-13(7-10(9)2)14(8-15)17-12(4)11(3)16/h5-7,11-12,14,16H,8,15H2,1-4H3. The molecule has 3 atom stereocenters. The maximum Gasteiger partial charge on any atom is 0.0952 e. The molecular weight excluding hydrogens is 214 g/mol. The lowest BCUT2D eigenvalue weighted by Crippen LogP contribution is -2.28. The van der Waals surface area contributed by atoms with E-state index in [9.17, 15) is 5.11 Å². The van der Waals surface area contributed by atoms with Crippen molar-refractivity contribution in [3.8, 4) is 0 Å². The zero-order chi connectivity index (χ0) is 13.0. The van der Waals surface area contributed by atoms with E-state index in [4.69, 9.17) is 10.5 Å². The molecule has 0 spiro atoms. The van der Waals surface area contributed by atoms with Crippen molar-refractivity contribution in [2.24, 2.45) is 5.73 Å². The van der Waals surface area contributed by atoms with Crippen molar-refractivity contribution in [2.45, 2.75) is 46.0 Å². The van der Waals surface area contributed by atoms with E-state index in [0.717, 1.165) is 5.56 Å². The van der Waals surface area contributed by atoms with Crippen LogP contribution in [0, 0.1) is 13.8 Å². The Morgan fingerprint density at radius 2 is 1.88 bits per heavy atom. The van der Waals surface area contributed by atoms with Crippen LogP contribution in [0.2, 0.25) is 0 Å². The van der Waals surface area contributed by atoms with Crippen LogP contribution in [0.5, 0.6) is 0 Å². The van der Waals surface area contributed by atoms with Gasteiger partial charge in [0.25, 0.3) is 0 Å². The smallest absolute Gasteiger partial charge is 0.0952 e. The third-order valence-corrected chi connectivity index (χ3v) is 3.18. The van der Waals surface area contributed by atoms with E-state index in [1.54, 1.807) is 6.92 Å². The minimum absolute atomic E-state index is 0.154. The van der Waals surface area contributed by atoms with Gasteiger partial charge in [-0.05, 0) is 44.4 Å². The van der Waals surface area contributed by atoms with E-state index in [1.807, 2.05) is 13.0 Å². The van der Waals surface area contributed by atoms with Gasteiger partial charge in [-0.1, -0.05) is 18.2 Å². The highest BCUT2D eigenvalue weighted by molar-refractivity contribution is 5.31. The van der Waals surface area contributed by atoms with Crippen molar-refractivity contribution in [1.82, 2.24) is 0 Å². The normalized spacial score (nSPS) is 16.6. The average Bonchev–Trinajstić information content (AvgIpc) is 2.29. The molecule has 0 aliphatic rings. The lowest BCUT2D eigenvalue weighted by molar-refractivity contribution is -0.0591. The van der Waals surface area contributed by atoms with Crippen molar-refractivity contribution >= 4 is 0 Å². The molecule has 1 aromatic rings. The lowest BCUT2D eigenvalue weighted by Gasteiger charge is -2.24. The molecule has 0 bridgehead atoms. The monoisotopic (exact) mass is 237 g/mol. The van der Waals surface area contributed by atoms with Crippen molar-refractivity contribution in [1.29, 1.82) is 0 Å². The highest BCUT2D eigenvalue weighted by Crippen LogP contribution is 2.21. The summed E-state index contributed by atoms with van der Waals surface area (Å²) in [6, 6.07) is 6.21. The Kier molecular flexibility index (Phi) is 5.12. The number of rotatable bonds is 5. The van der Waals surface area contributed by atoms with Gasteiger partial charge in [-0.15, -0.1) is 0 Å². The first-order valence-corrected chi connectivity index (χ1v) is 6.06. The maximum absolute atomic E-state index is 9.45. The highest BCUT2D eigenvalue weighted by Gasteiger charge is 2.17. The van der Waals surface area contributed by atoms with Crippen LogP contribution in [0.4, 0.5) is 0 Å². The van der Waals surface area contributed by atoms with E-state index < -0.39 is 6.10 Å². The zero-order valence-electron chi connectivity index (χ0n) is 11.1. The molecule has 96 valence electrons. The highest BCUT2D eigenvalue weighted by atomic mass is 16.5. The predicted octanol–water partition coefficient (Wildman–Crippen LogP) is 2.09. The van der Waals surface area contributed by atoms with Gasteiger partial charge in [0.05, 0.1) is 18.3 Å². The molecule has 17 heavy (non-hydrogen) atoms. The first-order chi connectivity index (χ1) is 7.95. The second-order valence-electron chi connectivity index (χ2n) is 4.65. The molecule has 0 saturated heterocycles. The Labute approximate surface area is 104 Å². The Bertz CT molecular complexity index is 363. The Balaban J connectivity index is 2.82. The summed E-state index contributed by atoms with van der Waals surface area (Å²) in [4.78, 5) is 0.